The number of rotatable bonds is 8. The average molecular weight is 449 g/mol. The second-order valence-electron chi connectivity index (χ2n) is 7.98. The van der Waals surface area contributed by atoms with E-state index in [-0.39, 0.29) is 11.3 Å². The van der Waals surface area contributed by atoms with Crippen molar-refractivity contribution < 1.29 is 24.2 Å². The molecule has 2 aliphatic rings. The number of carbonyl (C=O) groups is 2. The predicted molar refractivity (Wildman–Crippen MR) is 125 cm³/mol. The maximum absolute atomic E-state index is 13.1. The van der Waals surface area contributed by atoms with Gasteiger partial charge in [0.25, 0.3) is 11.7 Å². The molecule has 2 fully saturated rings. The number of aliphatic hydroxyl groups excluding tert-OH is 1. The molecule has 0 bridgehead atoms. The molecule has 2 aromatic rings. The van der Waals surface area contributed by atoms with Crippen molar-refractivity contribution in [2.75, 3.05) is 46.0 Å². The molecule has 0 radical (unpaired) electrons. The molecule has 1 N–H and O–H groups in total. The molecule has 0 aromatic heterocycles. The zero-order valence-corrected chi connectivity index (χ0v) is 18.5. The molecule has 7 nitrogen and oxygen atoms in total. The summed E-state index contributed by atoms with van der Waals surface area (Å²) in [5.41, 5.74) is 1.34. The van der Waals surface area contributed by atoms with Crippen LogP contribution >= 0.6 is 0 Å². The summed E-state index contributed by atoms with van der Waals surface area (Å²) in [5.74, 6) is -0.778. The Morgan fingerprint density at radius 3 is 2.42 bits per heavy atom. The molecule has 0 saturated carbocycles. The van der Waals surface area contributed by atoms with Crippen LogP contribution in [0.15, 0.2) is 72.8 Å². The molecule has 2 saturated heterocycles. The topological polar surface area (TPSA) is 79.3 Å². The van der Waals surface area contributed by atoms with Gasteiger partial charge in [-0.15, -0.1) is 0 Å². The second-order valence-corrected chi connectivity index (χ2v) is 7.98. The number of nitrogens with zero attached hydrogens (tertiary/aromatic N) is 2. The van der Waals surface area contributed by atoms with Crippen molar-refractivity contribution in [1.82, 2.24) is 9.80 Å². The zero-order chi connectivity index (χ0) is 23.2. The van der Waals surface area contributed by atoms with Gasteiger partial charge in [-0.1, -0.05) is 55.1 Å². The van der Waals surface area contributed by atoms with Crippen LogP contribution in [0, 0.1) is 0 Å². The fourth-order valence-electron chi connectivity index (χ4n) is 4.18. The number of ether oxygens (including phenoxy) is 2. The van der Waals surface area contributed by atoms with E-state index in [1.54, 1.807) is 47.4 Å². The van der Waals surface area contributed by atoms with Crippen LogP contribution in [0.4, 0.5) is 0 Å². The maximum atomic E-state index is 13.1. The maximum Gasteiger partial charge on any atom is 0.295 e. The van der Waals surface area contributed by atoms with Gasteiger partial charge in [0.1, 0.15) is 18.1 Å². The highest BCUT2D eigenvalue weighted by molar-refractivity contribution is 6.46. The molecule has 1 atom stereocenters. The monoisotopic (exact) mass is 448 g/mol. The average Bonchev–Trinajstić information content (AvgIpc) is 3.12. The van der Waals surface area contributed by atoms with Gasteiger partial charge in [-0.2, -0.15) is 0 Å². The Labute approximate surface area is 193 Å². The number of carbonyl (C=O) groups excluding carboxylic acids is 2. The molecular formula is C26H28N2O5. The first-order valence-electron chi connectivity index (χ1n) is 11.1. The first kappa shape index (κ1) is 22.8. The van der Waals surface area contributed by atoms with Crippen LogP contribution in [-0.4, -0.2) is 72.6 Å². The van der Waals surface area contributed by atoms with Gasteiger partial charge in [-0.05, 0) is 17.7 Å². The summed E-state index contributed by atoms with van der Waals surface area (Å²) in [4.78, 5) is 29.9. The fourth-order valence-corrected chi connectivity index (χ4v) is 4.18. The van der Waals surface area contributed by atoms with Crippen molar-refractivity contribution in [2.45, 2.75) is 6.04 Å². The quantitative estimate of drug-likeness (QED) is 0.290. The van der Waals surface area contributed by atoms with Crippen LogP contribution in [-0.2, 0) is 14.3 Å². The van der Waals surface area contributed by atoms with Gasteiger partial charge in [0.05, 0.1) is 24.8 Å². The van der Waals surface area contributed by atoms with E-state index in [0.717, 1.165) is 18.7 Å². The first-order valence-corrected chi connectivity index (χ1v) is 11.1. The Balaban J connectivity index is 1.69. The molecular weight excluding hydrogens is 420 g/mol. The van der Waals surface area contributed by atoms with E-state index in [1.165, 1.54) is 0 Å². The Morgan fingerprint density at radius 1 is 1.06 bits per heavy atom. The highest BCUT2D eigenvalue weighted by Gasteiger charge is 2.46. The number of benzene rings is 2. The lowest BCUT2D eigenvalue weighted by Gasteiger charge is -2.31. The van der Waals surface area contributed by atoms with Gasteiger partial charge in [0, 0.05) is 31.7 Å². The highest BCUT2D eigenvalue weighted by atomic mass is 16.5. The van der Waals surface area contributed by atoms with E-state index in [9.17, 15) is 14.7 Å². The summed E-state index contributed by atoms with van der Waals surface area (Å²) in [7, 11) is 0. The van der Waals surface area contributed by atoms with Crippen LogP contribution in [0.25, 0.3) is 5.76 Å². The molecule has 0 spiro atoms. The van der Waals surface area contributed by atoms with Crippen LogP contribution < -0.4 is 4.74 Å². The van der Waals surface area contributed by atoms with Crippen LogP contribution in [0.3, 0.4) is 0 Å². The standard InChI is InChI=1S/C26H28N2O5/c1-2-16-33-21-10-8-19(9-11-21)23-22(24(29)20-6-4-3-5-7-20)25(30)26(31)28(23)13-12-27-14-17-32-18-15-27/h2-11,23,29H,1,12-18H2/t23-/m1/s1. The number of hydrogen-bond donors (Lipinski definition) is 1. The third-order valence-corrected chi connectivity index (χ3v) is 5.91. The van der Waals surface area contributed by atoms with E-state index < -0.39 is 17.7 Å². The van der Waals surface area contributed by atoms with E-state index >= 15 is 0 Å². The highest BCUT2D eigenvalue weighted by Crippen LogP contribution is 2.39. The fraction of sp³-hybridized carbons (Fsp3) is 0.308. The molecule has 33 heavy (non-hydrogen) atoms. The van der Waals surface area contributed by atoms with Crippen LogP contribution in [0.2, 0.25) is 0 Å². The third-order valence-electron chi connectivity index (χ3n) is 5.91. The number of likely N-dealkylation sites (tertiary alicyclic amines) is 1. The lowest BCUT2D eigenvalue weighted by molar-refractivity contribution is -0.140. The normalized spacial score (nSPS) is 20.7. The number of ketones is 1. The summed E-state index contributed by atoms with van der Waals surface area (Å²) >= 11 is 0. The minimum absolute atomic E-state index is 0.105. The third kappa shape index (κ3) is 4.99. The lowest BCUT2D eigenvalue weighted by Crippen LogP contribution is -2.42. The summed E-state index contributed by atoms with van der Waals surface area (Å²) in [6, 6.07) is 15.4. The molecule has 7 heteroatoms. The van der Waals surface area contributed by atoms with E-state index in [0.29, 0.717) is 44.2 Å². The van der Waals surface area contributed by atoms with Crippen LogP contribution in [0.1, 0.15) is 17.2 Å². The number of aliphatic hydroxyl groups is 1. The zero-order valence-electron chi connectivity index (χ0n) is 18.5. The van der Waals surface area contributed by atoms with Gasteiger partial charge in [0.15, 0.2) is 0 Å². The molecule has 2 aliphatic heterocycles. The van der Waals surface area contributed by atoms with E-state index in [4.69, 9.17) is 9.47 Å². The van der Waals surface area contributed by atoms with Gasteiger partial charge in [-0.25, -0.2) is 0 Å². The lowest BCUT2D eigenvalue weighted by atomic mass is 9.95. The van der Waals surface area contributed by atoms with Crippen molar-refractivity contribution >= 4 is 17.4 Å². The second kappa shape index (κ2) is 10.5. The molecule has 2 heterocycles. The Morgan fingerprint density at radius 2 is 1.76 bits per heavy atom. The van der Waals surface area contributed by atoms with Crippen molar-refractivity contribution in [3.8, 4) is 5.75 Å². The van der Waals surface area contributed by atoms with Gasteiger partial charge in [-0.3, -0.25) is 14.5 Å². The summed E-state index contributed by atoms with van der Waals surface area (Å²) < 4.78 is 11.0. The van der Waals surface area contributed by atoms with Crippen LogP contribution in [0.5, 0.6) is 5.75 Å². The molecule has 0 unspecified atom stereocenters. The first-order chi connectivity index (χ1) is 16.1. The van der Waals surface area contributed by atoms with Crippen molar-refractivity contribution in [3.05, 3.63) is 84.0 Å². The number of Topliss-reactive ketones (excluding diaryl/α,β-unsaturated/α-hetero) is 1. The SMILES string of the molecule is C=CCOc1ccc([C@@H]2C(=C(O)c3ccccc3)C(=O)C(=O)N2CCN2CCOCC2)cc1. The summed E-state index contributed by atoms with van der Waals surface area (Å²) in [6.07, 6.45) is 1.66. The van der Waals surface area contributed by atoms with E-state index in [2.05, 4.69) is 11.5 Å². The smallest absolute Gasteiger partial charge is 0.295 e. The predicted octanol–water partition coefficient (Wildman–Crippen LogP) is 3.01. The number of morpholine rings is 1. The van der Waals surface area contributed by atoms with Gasteiger partial charge >= 0.3 is 0 Å². The molecule has 172 valence electrons. The van der Waals surface area contributed by atoms with Crippen molar-refractivity contribution in [1.29, 1.82) is 0 Å². The molecule has 4 rings (SSSR count). The number of amides is 1. The summed E-state index contributed by atoms with van der Waals surface area (Å²) in [5, 5.41) is 11.1. The minimum Gasteiger partial charge on any atom is -0.507 e. The molecule has 0 aliphatic carbocycles. The number of hydrogen-bond acceptors (Lipinski definition) is 6. The van der Waals surface area contributed by atoms with Crippen molar-refractivity contribution in [3.63, 3.8) is 0 Å². The Bertz CT molecular complexity index is 1030. The Hall–Kier alpha value is -3.42. The van der Waals surface area contributed by atoms with Crippen molar-refractivity contribution in [2.24, 2.45) is 0 Å². The Kier molecular flexibility index (Phi) is 7.22. The van der Waals surface area contributed by atoms with Gasteiger partial charge in [0.2, 0.25) is 0 Å². The molecule has 2 aromatic carbocycles. The largest absolute Gasteiger partial charge is 0.507 e. The van der Waals surface area contributed by atoms with Gasteiger partial charge < -0.3 is 19.5 Å². The van der Waals surface area contributed by atoms with E-state index in [1.807, 2.05) is 18.2 Å². The summed E-state index contributed by atoms with van der Waals surface area (Å²) in [6.45, 7) is 7.90. The minimum atomic E-state index is -0.681. The molecule has 1 amide bonds.